The van der Waals surface area contributed by atoms with Gasteiger partial charge in [0.15, 0.2) is 18.4 Å². The second-order valence-corrected chi connectivity index (χ2v) is 5.53. The predicted molar refractivity (Wildman–Crippen MR) is 83.0 cm³/mol. The maximum Gasteiger partial charge on any atom is 0.330 e. The van der Waals surface area contributed by atoms with Gasteiger partial charge < -0.3 is 18.9 Å². The third-order valence-corrected chi connectivity index (χ3v) is 3.47. The van der Waals surface area contributed by atoms with Crippen molar-refractivity contribution in [1.29, 1.82) is 0 Å². The summed E-state index contributed by atoms with van der Waals surface area (Å²) in [6.07, 6.45) is -3.36. The first kappa shape index (κ1) is 19.4. The fraction of sp³-hybridized carbons (Fsp3) is 0.533. The van der Waals surface area contributed by atoms with Crippen LogP contribution in [0, 0.1) is 0 Å². The molecule has 0 saturated carbocycles. The van der Waals surface area contributed by atoms with Crippen molar-refractivity contribution in [1.82, 2.24) is 9.55 Å². The van der Waals surface area contributed by atoms with Crippen LogP contribution in [0.3, 0.4) is 0 Å². The third kappa shape index (κ3) is 4.57. The summed E-state index contributed by atoms with van der Waals surface area (Å²) in [6.45, 7) is 3.17. The van der Waals surface area contributed by atoms with Crippen LogP contribution in [0.1, 0.15) is 27.0 Å². The molecule has 1 saturated heterocycles. The van der Waals surface area contributed by atoms with Crippen LogP contribution in [0.4, 0.5) is 0 Å². The molecule has 1 fully saturated rings. The van der Waals surface area contributed by atoms with Crippen molar-refractivity contribution in [3.05, 3.63) is 33.1 Å². The second-order valence-electron chi connectivity index (χ2n) is 5.53. The summed E-state index contributed by atoms with van der Waals surface area (Å²) in [5.74, 6) is -1.98. The molecule has 0 aliphatic carbocycles. The van der Waals surface area contributed by atoms with E-state index in [0.29, 0.717) is 0 Å². The summed E-state index contributed by atoms with van der Waals surface area (Å²) in [4.78, 5) is 59.3. The molecule has 0 spiro atoms. The molecule has 1 aliphatic rings. The van der Waals surface area contributed by atoms with Gasteiger partial charge in [0, 0.05) is 33.0 Å². The maximum atomic E-state index is 12.1. The average molecular weight is 370 g/mol. The van der Waals surface area contributed by atoms with Crippen LogP contribution in [0.15, 0.2) is 21.9 Å². The van der Waals surface area contributed by atoms with Crippen LogP contribution < -0.4 is 11.2 Å². The molecular formula is C15H18N2O9. The Morgan fingerprint density at radius 2 is 1.69 bits per heavy atom. The number of aromatic nitrogens is 2. The average Bonchev–Trinajstić information content (AvgIpc) is 2.82. The van der Waals surface area contributed by atoms with Crippen LogP contribution in [0.2, 0.25) is 0 Å². The van der Waals surface area contributed by atoms with E-state index in [4.69, 9.17) is 18.9 Å². The van der Waals surface area contributed by atoms with Crippen molar-refractivity contribution < 1.29 is 33.3 Å². The minimum Gasteiger partial charge on any atom is -0.463 e. The summed E-state index contributed by atoms with van der Waals surface area (Å²) in [6, 6.07) is 1.08. The number of nitrogens with one attached hydrogen (secondary N) is 1. The van der Waals surface area contributed by atoms with E-state index in [-0.39, 0.29) is 6.61 Å². The molecule has 4 atom stereocenters. The van der Waals surface area contributed by atoms with Crippen LogP contribution >= 0.6 is 0 Å². The lowest BCUT2D eigenvalue weighted by molar-refractivity contribution is -0.166. The van der Waals surface area contributed by atoms with Gasteiger partial charge in [0.1, 0.15) is 12.7 Å². The zero-order valence-corrected chi connectivity index (χ0v) is 14.3. The SMILES string of the molecule is CC(=O)OC[C@H]1O[C@@H](n2ccc(=O)[nH]c2=O)[C@H](OC(C)=O)[C@H]1OC(C)=O. The molecule has 0 aromatic carbocycles. The van der Waals surface area contributed by atoms with Gasteiger partial charge in [-0.3, -0.25) is 28.7 Å². The van der Waals surface area contributed by atoms with Crippen LogP contribution in [-0.2, 0) is 33.3 Å². The number of aromatic amines is 1. The van der Waals surface area contributed by atoms with Gasteiger partial charge in [-0.2, -0.15) is 0 Å². The fourth-order valence-electron chi connectivity index (χ4n) is 2.54. The molecule has 0 unspecified atom stereocenters. The van der Waals surface area contributed by atoms with Gasteiger partial charge in [-0.1, -0.05) is 0 Å². The molecule has 11 heteroatoms. The quantitative estimate of drug-likeness (QED) is 0.502. The Hall–Kier alpha value is -2.95. The highest BCUT2D eigenvalue weighted by molar-refractivity contribution is 5.67. The van der Waals surface area contributed by atoms with E-state index in [9.17, 15) is 24.0 Å². The lowest BCUT2D eigenvalue weighted by Gasteiger charge is -2.23. The van der Waals surface area contributed by atoms with E-state index in [1.54, 1.807) is 0 Å². The van der Waals surface area contributed by atoms with E-state index in [2.05, 4.69) is 0 Å². The number of hydrogen-bond acceptors (Lipinski definition) is 9. The Bertz CT molecular complexity index is 812. The Balaban J connectivity index is 2.41. The molecule has 1 aromatic rings. The minimum absolute atomic E-state index is 0.292. The van der Waals surface area contributed by atoms with Crippen LogP contribution in [0.5, 0.6) is 0 Å². The first-order valence-electron chi connectivity index (χ1n) is 7.63. The number of carbonyl (C=O) groups is 3. The minimum atomic E-state index is -1.20. The molecule has 1 N–H and O–H groups in total. The zero-order valence-electron chi connectivity index (χ0n) is 14.3. The lowest BCUT2D eigenvalue weighted by atomic mass is 10.1. The Morgan fingerprint density at radius 1 is 1.08 bits per heavy atom. The molecule has 1 aliphatic heterocycles. The molecular weight excluding hydrogens is 352 g/mol. The van der Waals surface area contributed by atoms with E-state index >= 15 is 0 Å². The topological polar surface area (TPSA) is 143 Å². The summed E-state index contributed by atoms with van der Waals surface area (Å²) < 4.78 is 21.9. The van der Waals surface area contributed by atoms with Gasteiger partial charge in [-0.05, 0) is 0 Å². The van der Waals surface area contributed by atoms with E-state index in [0.717, 1.165) is 30.7 Å². The van der Waals surface area contributed by atoms with Gasteiger partial charge in [0.25, 0.3) is 5.56 Å². The number of hydrogen-bond donors (Lipinski definition) is 1. The van der Waals surface area contributed by atoms with Crippen molar-refractivity contribution in [2.75, 3.05) is 6.61 Å². The standard InChI is InChI=1S/C15H18N2O9/c1-7(18)23-6-10-12(24-8(2)19)13(25-9(3)20)14(26-10)17-5-4-11(21)16-15(17)22/h4-5,10,12-14H,6H2,1-3H3,(H,16,21,22)/t10-,12+,13-,14-/m1/s1. The van der Waals surface area contributed by atoms with Crippen LogP contribution in [0.25, 0.3) is 0 Å². The van der Waals surface area contributed by atoms with Crippen molar-refractivity contribution >= 4 is 17.9 Å². The highest BCUT2D eigenvalue weighted by atomic mass is 16.7. The third-order valence-electron chi connectivity index (χ3n) is 3.47. The molecule has 142 valence electrons. The van der Waals surface area contributed by atoms with Gasteiger partial charge in [-0.25, -0.2) is 4.79 Å². The lowest BCUT2D eigenvalue weighted by Crippen LogP contribution is -2.42. The summed E-state index contributed by atoms with van der Waals surface area (Å²) in [5, 5.41) is 0. The molecule has 1 aromatic heterocycles. The van der Waals surface area contributed by atoms with Gasteiger partial charge >= 0.3 is 23.6 Å². The zero-order chi connectivity index (χ0) is 19.4. The highest BCUT2D eigenvalue weighted by Gasteiger charge is 2.50. The van der Waals surface area contributed by atoms with Crippen molar-refractivity contribution in [2.45, 2.75) is 45.3 Å². The summed E-state index contributed by atoms with van der Waals surface area (Å²) in [5.41, 5.74) is -1.43. The molecule has 0 bridgehead atoms. The normalized spacial score (nSPS) is 24.7. The van der Waals surface area contributed by atoms with E-state index < -0.39 is 53.7 Å². The Morgan fingerprint density at radius 3 is 2.23 bits per heavy atom. The van der Waals surface area contributed by atoms with E-state index in [1.165, 1.54) is 6.92 Å². The summed E-state index contributed by atoms with van der Waals surface area (Å²) >= 11 is 0. The van der Waals surface area contributed by atoms with Crippen molar-refractivity contribution in [2.24, 2.45) is 0 Å². The smallest absolute Gasteiger partial charge is 0.330 e. The van der Waals surface area contributed by atoms with Crippen molar-refractivity contribution in [3.8, 4) is 0 Å². The van der Waals surface area contributed by atoms with Crippen LogP contribution in [-0.4, -0.2) is 52.4 Å². The molecule has 0 radical (unpaired) electrons. The number of carbonyl (C=O) groups excluding carboxylic acids is 3. The molecule has 0 amide bonds. The molecule has 11 nitrogen and oxygen atoms in total. The highest BCUT2D eigenvalue weighted by Crippen LogP contribution is 2.33. The van der Waals surface area contributed by atoms with Gasteiger partial charge in [0.2, 0.25) is 0 Å². The number of rotatable bonds is 5. The van der Waals surface area contributed by atoms with Gasteiger partial charge in [-0.15, -0.1) is 0 Å². The second kappa shape index (κ2) is 7.95. The monoisotopic (exact) mass is 370 g/mol. The molecule has 26 heavy (non-hydrogen) atoms. The van der Waals surface area contributed by atoms with Gasteiger partial charge in [0.05, 0.1) is 0 Å². The predicted octanol–water partition coefficient (Wildman–Crippen LogP) is -1.14. The fourth-order valence-corrected chi connectivity index (χ4v) is 2.54. The van der Waals surface area contributed by atoms with E-state index in [1.807, 2.05) is 4.98 Å². The summed E-state index contributed by atoms with van der Waals surface area (Å²) in [7, 11) is 0. The first-order valence-corrected chi connectivity index (χ1v) is 7.63. The Kier molecular flexibility index (Phi) is 5.93. The van der Waals surface area contributed by atoms with Crippen molar-refractivity contribution in [3.63, 3.8) is 0 Å². The Labute approximate surface area is 146 Å². The number of H-pyrrole nitrogens is 1. The first-order chi connectivity index (χ1) is 12.2. The number of nitrogens with zero attached hydrogens (tertiary/aromatic N) is 1. The molecule has 2 heterocycles. The molecule has 2 rings (SSSR count). The largest absolute Gasteiger partial charge is 0.463 e. The number of esters is 3. The maximum absolute atomic E-state index is 12.1. The number of ether oxygens (including phenoxy) is 4.